The SMILES string of the molecule is O=C1[C@H]2Cc3ccccc3[C@H]2C1(Cl)Cl. The van der Waals surface area contributed by atoms with E-state index >= 15 is 0 Å². The molecule has 2 aliphatic carbocycles. The highest BCUT2D eigenvalue weighted by Gasteiger charge is 2.63. The normalized spacial score (nSPS) is 32.0. The Balaban J connectivity index is 2.13. The van der Waals surface area contributed by atoms with E-state index in [-0.39, 0.29) is 17.6 Å². The van der Waals surface area contributed by atoms with E-state index in [0.717, 1.165) is 12.0 Å². The van der Waals surface area contributed by atoms with Crippen molar-refractivity contribution in [1.82, 2.24) is 0 Å². The van der Waals surface area contributed by atoms with Gasteiger partial charge in [0.1, 0.15) is 0 Å². The van der Waals surface area contributed by atoms with E-state index in [2.05, 4.69) is 0 Å². The number of halogens is 2. The fourth-order valence-corrected chi connectivity index (χ4v) is 3.41. The van der Waals surface area contributed by atoms with Crippen LogP contribution >= 0.6 is 23.2 Å². The number of ketones is 1. The highest BCUT2D eigenvalue weighted by atomic mass is 35.5. The topological polar surface area (TPSA) is 17.1 Å². The van der Waals surface area contributed by atoms with Crippen molar-refractivity contribution in [2.75, 3.05) is 0 Å². The molecule has 72 valence electrons. The molecule has 0 heterocycles. The van der Waals surface area contributed by atoms with Crippen molar-refractivity contribution >= 4 is 29.0 Å². The van der Waals surface area contributed by atoms with Gasteiger partial charge in [-0.3, -0.25) is 4.79 Å². The summed E-state index contributed by atoms with van der Waals surface area (Å²) in [6.07, 6.45) is 0.806. The summed E-state index contributed by atoms with van der Waals surface area (Å²) in [5.41, 5.74) is 2.38. The summed E-state index contributed by atoms with van der Waals surface area (Å²) in [6.45, 7) is 0. The third kappa shape index (κ3) is 0.850. The van der Waals surface area contributed by atoms with Crippen LogP contribution in [0.2, 0.25) is 0 Å². The molecule has 1 aromatic rings. The molecule has 0 aliphatic heterocycles. The quantitative estimate of drug-likeness (QED) is 0.623. The van der Waals surface area contributed by atoms with Crippen LogP contribution < -0.4 is 0 Å². The molecule has 0 radical (unpaired) electrons. The lowest BCUT2D eigenvalue weighted by Crippen LogP contribution is -2.52. The highest BCUT2D eigenvalue weighted by molar-refractivity contribution is 6.61. The number of Topliss-reactive ketones (excluding diaryl/α,β-unsaturated/α-hetero) is 1. The van der Waals surface area contributed by atoms with Gasteiger partial charge in [0.2, 0.25) is 0 Å². The van der Waals surface area contributed by atoms with Gasteiger partial charge in [0, 0.05) is 11.8 Å². The molecule has 3 rings (SSSR count). The summed E-state index contributed by atoms with van der Waals surface area (Å²) in [4.78, 5) is 11.6. The number of alkyl halides is 2. The van der Waals surface area contributed by atoms with Gasteiger partial charge < -0.3 is 0 Å². The zero-order chi connectivity index (χ0) is 9.92. The maximum atomic E-state index is 11.6. The van der Waals surface area contributed by atoms with Gasteiger partial charge in [-0.05, 0) is 17.5 Å². The van der Waals surface area contributed by atoms with E-state index in [1.54, 1.807) is 0 Å². The van der Waals surface area contributed by atoms with Gasteiger partial charge in [0.25, 0.3) is 0 Å². The molecule has 0 saturated heterocycles. The molecule has 1 saturated carbocycles. The van der Waals surface area contributed by atoms with Crippen molar-refractivity contribution in [1.29, 1.82) is 0 Å². The van der Waals surface area contributed by atoms with Crippen molar-refractivity contribution in [3.63, 3.8) is 0 Å². The molecule has 3 heteroatoms. The molecule has 0 amide bonds. The molecular weight excluding hydrogens is 219 g/mol. The first kappa shape index (κ1) is 8.75. The molecule has 2 aliphatic rings. The predicted molar refractivity (Wildman–Crippen MR) is 55.8 cm³/mol. The molecule has 1 aromatic carbocycles. The fraction of sp³-hybridized carbons (Fsp3) is 0.364. The molecule has 0 N–H and O–H groups in total. The average molecular weight is 227 g/mol. The van der Waals surface area contributed by atoms with Crippen LogP contribution in [0.4, 0.5) is 0 Å². The number of hydrogen-bond acceptors (Lipinski definition) is 1. The first-order valence-electron chi connectivity index (χ1n) is 4.62. The van der Waals surface area contributed by atoms with E-state index in [9.17, 15) is 4.79 Å². The van der Waals surface area contributed by atoms with Crippen molar-refractivity contribution in [3.05, 3.63) is 35.4 Å². The van der Waals surface area contributed by atoms with Gasteiger partial charge in [-0.2, -0.15) is 0 Å². The summed E-state index contributed by atoms with van der Waals surface area (Å²) in [6, 6.07) is 8.02. The molecule has 1 nitrogen and oxygen atoms in total. The number of carbonyl (C=O) groups excluding carboxylic acids is 1. The van der Waals surface area contributed by atoms with Crippen LogP contribution in [0.3, 0.4) is 0 Å². The maximum Gasteiger partial charge on any atom is 0.183 e. The van der Waals surface area contributed by atoms with Gasteiger partial charge >= 0.3 is 0 Å². The number of benzene rings is 1. The second-order valence-electron chi connectivity index (χ2n) is 3.97. The average Bonchev–Trinajstić information content (AvgIpc) is 2.54. The first-order chi connectivity index (χ1) is 6.62. The van der Waals surface area contributed by atoms with Gasteiger partial charge in [-0.1, -0.05) is 47.5 Å². The number of fused-ring (bicyclic) bond motifs is 3. The molecule has 0 bridgehead atoms. The van der Waals surface area contributed by atoms with Crippen LogP contribution in [0.5, 0.6) is 0 Å². The van der Waals surface area contributed by atoms with E-state index < -0.39 is 4.33 Å². The second kappa shape index (κ2) is 2.53. The molecule has 0 aromatic heterocycles. The van der Waals surface area contributed by atoms with Crippen LogP contribution in [0, 0.1) is 5.92 Å². The molecule has 1 fully saturated rings. The summed E-state index contributed by atoms with van der Waals surface area (Å²) in [5.74, 6) is 0.0407. The molecule has 0 unspecified atom stereocenters. The largest absolute Gasteiger partial charge is 0.296 e. The fourth-order valence-electron chi connectivity index (χ4n) is 2.59. The van der Waals surface area contributed by atoms with E-state index in [4.69, 9.17) is 23.2 Å². The highest BCUT2D eigenvalue weighted by Crippen LogP contribution is 2.59. The third-order valence-electron chi connectivity index (χ3n) is 3.29. The third-order valence-corrected chi connectivity index (χ3v) is 4.13. The predicted octanol–water partition coefficient (Wildman–Crippen LogP) is 2.70. The minimum atomic E-state index is -1.17. The zero-order valence-electron chi connectivity index (χ0n) is 7.34. The van der Waals surface area contributed by atoms with Crippen molar-refractivity contribution in [2.45, 2.75) is 16.7 Å². The van der Waals surface area contributed by atoms with Crippen LogP contribution in [-0.2, 0) is 11.2 Å². The standard InChI is InChI=1S/C11H8Cl2O/c12-11(13)9-7-4-2-1-3-6(7)5-8(9)10(11)14/h1-4,8-9H,5H2/t8-,9+/m0/s1. The Labute approximate surface area is 92.0 Å². The lowest BCUT2D eigenvalue weighted by molar-refractivity contribution is -0.131. The molecule has 0 spiro atoms. The second-order valence-corrected chi connectivity index (χ2v) is 5.36. The minimum Gasteiger partial charge on any atom is -0.296 e. The lowest BCUT2D eigenvalue weighted by atomic mass is 9.72. The minimum absolute atomic E-state index is 0.0120. The Bertz CT molecular complexity index is 425. The molecule has 2 atom stereocenters. The van der Waals surface area contributed by atoms with Crippen LogP contribution in [0.25, 0.3) is 0 Å². The van der Waals surface area contributed by atoms with Crippen LogP contribution in [-0.4, -0.2) is 10.1 Å². The number of carbonyl (C=O) groups is 1. The number of rotatable bonds is 0. The summed E-state index contributed by atoms with van der Waals surface area (Å²) >= 11 is 12.0. The Morgan fingerprint density at radius 3 is 2.79 bits per heavy atom. The lowest BCUT2D eigenvalue weighted by Gasteiger charge is -2.41. The molecule has 14 heavy (non-hydrogen) atoms. The summed E-state index contributed by atoms with van der Waals surface area (Å²) < 4.78 is -1.17. The monoisotopic (exact) mass is 226 g/mol. The van der Waals surface area contributed by atoms with Crippen LogP contribution in [0.1, 0.15) is 17.0 Å². The van der Waals surface area contributed by atoms with E-state index in [0.29, 0.717) is 0 Å². The van der Waals surface area contributed by atoms with Gasteiger partial charge in [-0.25, -0.2) is 0 Å². The van der Waals surface area contributed by atoms with E-state index in [1.165, 1.54) is 5.56 Å². The Morgan fingerprint density at radius 2 is 2.00 bits per heavy atom. The first-order valence-corrected chi connectivity index (χ1v) is 5.38. The molecular formula is C11H8Cl2O. The van der Waals surface area contributed by atoms with E-state index in [1.807, 2.05) is 24.3 Å². The van der Waals surface area contributed by atoms with Gasteiger partial charge in [-0.15, -0.1) is 0 Å². The van der Waals surface area contributed by atoms with Crippen LogP contribution in [0.15, 0.2) is 24.3 Å². The summed E-state index contributed by atoms with van der Waals surface area (Å²) in [5, 5.41) is 0. The Morgan fingerprint density at radius 1 is 1.29 bits per heavy atom. The van der Waals surface area contributed by atoms with Crippen molar-refractivity contribution < 1.29 is 4.79 Å². The van der Waals surface area contributed by atoms with Gasteiger partial charge in [0.05, 0.1) is 0 Å². The maximum absolute atomic E-state index is 11.6. The Hall–Kier alpha value is -0.530. The summed E-state index contributed by atoms with van der Waals surface area (Å²) in [7, 11) is 0. The zero-order valence-corrected chi connectivity index (χ0v) is 8.85. The smallest absolute Gasteiger partial charge is 0.183 e. The van der Waals surface area contributed by atoms with Gasteiger partial charge in [0.15, 0.2) is 10.1 Å². The number of hydrogen-bond donors (Lipinski definition) is 0. The Kier molecular flexibility index (Phi) is 1.58. The van der Waals surface area contributed by atoms with Crippen molar-refractivity contribution in [2.24, 2.45) is 5.92 Å². The van der Waals surface area contributed by atoms with Crippen molar-refractivity contribution in [3.8, 4) is 0 Å².